The summed E-state index contributed by atoms with van der Waals surface area (Å²) in [5.41, 5.74) is 1.81. The van der Waals surface area contributed by atoms with Crippen LogP contribution in [0.2, 0.25) is 0 Å². The van der Waals surface area contributed by atoms with Crippen molar-refractivity contribution >= 4 is 11.9 Å². The Morgan fingerprint density at radius 1 is 0.935 bits per heavy atom. The number of hydrogen-bond acceptors (Lipinski definition) is 6. The third-order valence-electron chi connectivity index (χ3n) is 4.59. The quantitative estimate of drug-likeness (QED) is 0.436. The molecule has 1 amide bonds. The van der Waals surface area contributed by atoms with Gasteiger partial charge in [0.15, 0.2) is 5.76 Å². The summed E-state index contributed by atoms with van der Waals surface area (Å²) in [5, 5.41) is 6.67. The molecule has 0 saturated heterocycles. The van der Waals surface area contributed by atoms with E-state index >= 15 is 0 Å². The molecule has 7 heteroatoms. The Morgan fingerprint density at radius 3 is 2.39 bits per heavy atom. The lowest BCUT2D eigenvalue weighted by Crippen LogP contribution is -2.43. The van der Waals surface area contributed by atoms with Crippen molar-refractivity contribution in [3.05, 3.63) is 102 Å². The van der Waals surface area contributed by atoms with Gasteiger partial charge in [0.25, 0.3) is 5.91 Å². The number of rotatable bonds is 8. The molecule has 0 saturated carbocycles. The van der Waals surface area contributed by atoms with Gasteiger partial charge in [-0.2, -0.15) is 0 Å². The highest BCUT2D eigenvalue weighted by Gasteiger charge is 2.24. The molecule has 31 heavy (non-hydrogen) atoms. The van der Waals surface area contributed by atoms with Crippen molar-refractivity contribution in [1.82, 2.24) is 10.5 Å². The van der Waals surface area contributed by atoms with E-state index < -0.39 is 12.0 Å². The molecule has 2 aromatic heterocycles. The van der Waals surface area contributed by atoms with E-state index in [9.17, 15) is 9.59 Å². The van der Waals surface area contributed by atoms with Gasteiger partial charge < -0.3 is 19.0 Å². The van der Waals surface area contributed by atoms with Crippen LogP contribution in [-0.4, -0.2) is 23.1 Å². The highest BCUT2D eigenvalue weighted by molar-refractivity contribution is 5.96. The maximum atomic E-state index is 12.8. The highest BCUT2D eigenvalue weighted by atomic mass is 16.5. The number of hydrogen-bond donors (Lipinski definition) is 1. The molecule has 0 radical (unpaired) electrons. The number of amides is 1. The first-order valence-corrected chi connectivity index (χ1v) is 9.75. The molecular weight excluding hydrogens is 396 g/mol. The van der Waals surface area contributed by atoms with E-state index in [0.29, 0.717) is 29.2 Å². The van der Waals surface area contributed by atoms with Gasteiger partial charge >= 0.3 is 5.97 Å². The molecule has 0 aliphatic carbocycles. The number of furan rings is 1. The fourth-order valence-electron chi connectivity index (χ4n) is 3.03. The Balaban J connectivity index is 1.43. The van der Waals surface area contributed by atoms with E-state index in [1.807, 2.05) is 36.4 Å². The van der Waals surface area contributed by atoms with Crippen LogP contribution in [0.5, 0.6) is 0 Å². The van der Waals surface area contributed by atoms with Crippen LogP contribution in [0.3, 0.4) is 0 Å². The van der Waals surface area contributed by atoms with Gasteiger partial charge in [-0.25, -0.2) is 4.79 Å². The lowest BCUT2D eigenvalue weighted by Gasteiger charge is -2.17. The second-order valence-electron chi connectivity index (χ2n) is 6.85. The summed E-state index contributed by atoms with van der Waals surface area (Å²) in [6, 6.07) is 22.4. The summed E-state index contributed by atoms with van der Waals surface area (Å²) in [7, 11) is 0. The molecule has 0 aliphatic rings. The summed E-state index contributed by atoms with van der Waals surface area (Å²) in [4.78, 5) is 25.4. The molecule has 4 rings (SSSR count). The second kappa shape index (κ2) is 9.58. The third-order valence-corrected chi connectivity index (χ3v) is 4.59. The lowest BCUT2D eigenvalue weighted by molar-refractivity contribution is -0.147. The molecular formula is C24H20N2O5. The van der Waals surface area contributed by atoms with Crippen molar-refractivity contribution in [3.63, 3.8) is 0 Å². The maximum Gasteiger partial charge on any atom is 0.329 e. The van der Waals surface area contributed by atoms with Crippen LogP contribution in [0.1, 0.15) is 21.6 Å². The van der Waals surface area contributed by atoms with E-state index in [2.05, 4.69) is 10.5 Å². The Kier molecular flexibility index (Phi) is 6.23. The smallest absolute Gasteiger partial charge is 0.329 e. The maximum absolute atomic E-state index is 12.8. The van der Waals surface area contributed by atoms with Crippen LogP contribution in [0.25, 0.3) is 11.5 Å². The van der Waals surface area contributed by atoms with E-state index in [-0.39, 0.29) is 12.5 Å². The zero-order valence-electron chi connectivity index (χ0n) is 16.6. The topological polar surface area (TPSA) is 94.6 Å². The summed E-state index contributed by atoms with van der Waals surface area (Å²) < 4.78 is 15.9. The fourth-order valence-corrected chi connectivity index (χ4v) is 3.03. The normalized spacial score (nSPS) is 11.6. The predicted octanol–water partition coefficient (Wildman–Crippen LogP) is 4.02. The van der Waals surface area contributed by atoms with E-state index in [1.165, 1.54) is 6.26 Å². The number of carbonyl (C=O) groups excluding carboxylic acids is 2. The third kappa shape index (κ3) is 5.27. The van der Waals surface area contributed by atoms with Crippen LogP contribution in [0.15, 0.2) is 94.1 Å². The largest absolute Gasteiger partial charge is 0.461 e. The average Bonchev–Trinajstić information content (AvgIpc) is 3.50. The van der Waals surface area contributed by atoms with Crippen molar-refractivity contribution in [2.75, 3.05) is 0 Å². The minimum atomic E-state index is -0.855. The molecule has 4 aromatic rings. The lowest BCUT2D eigenvalue weighted by atomic mass is 10.1. The van der Waals surface area contributed by atoms with E-state index in [0.717, 1.165) is 5.56 Å². The Bertz CT molecular complexity index is 1120. The number of carbonyl (C=O) groups is 2. The number of esters is 1. The van der Waals surface area contributed by atoms with Crippen LogP contribution in [-0.2, 0) is 22.6 Å². The van der Waals surface area contributed by atoms with Crippen molar-refractivity contribution in [2.45, 2.75) is 19.1 Å². The molecule has 0 aliphatic heterocycles. The average molecular weight is 416 g/mol. The highest BCUT2D eigenvalue weighted by Crippen LogP contribution is 2.21. The standard InChI is InChI=1S/C24H20N2O5/c27-23(18-10-5-2-6-11-18)25-20(14-17-8-3-1-4-9-17)24(28)30-16-19-15-22(31-26-19)21-12-7-13-29-21/h1-13,15,20H,14,16H2,(H,25,27)/t20-/m1/s1. The molecule has 2 heterocycles. The van der Waals surface area contributed by atoms with Gasteiger partial charge in [0.2, 0.25) is 5.76 Å². The number of ether oxygens (including phenoxy) is 1. The monoisotopic (exact) mass is 416 g/mol. The van der Waals surface area contributed by atoms with E-state index in [1.54, 1.807) is 42.5 Å². The molecule has 1 N–H and O–H groups in total. The number of aromatic nitrogens is 1. The van der Waals surface area contributed by atoms with Crippen LogP contribution in [0, 0.1) is 0 Å². The van der Waals surface area contributed by atoms with Gasteiger partial charge in [0, 0.05) is 18.1 Å². The summed E-state index contributed by atoms with van der Waals surface area (Å²) in [6.45, 7) is -0.0878. The van der Waals surface area contributed by atoms with E-state index in [4.69, 9.17) is 13.7 Å². The Labute approximate surface area is 178 Å². The number of nitrogens with one attached hydrogen (secondary N) is 1. The first-order chi connectivity index (χ1) is 15.2. The molecule has 2 aromatic carbocycles. The van der Waals surface area contributed by atoms with Gasteiger partial charge in [0.1, 0.15) is 18.3 Å². The zero-order valence-corrected chi connectivity index (χ0v) is 16.6. The summed E-state index contributed by atoms with van der Waals surface area (Å²) >= 11 is 0. The van der Waals surface area contributed by atoms with Crippen molar-refractivity contribution in [2.24, 2.45) is 0 Å². The second-order valence-corrected chi connectivity index (χ2v) is 6.85. The van der Waals surface area contributed by atoms with Crippen LogP contribution >= 0.6 is 0 Å². The first kappa shape index (κ1) is 20.2. The molecule has 0 unspecified atom stereocenters. The fraction of sp³-hybridized carbons (Fsp3) is 0.125. The SMILES string of the molecule is O=C(N[C@H](Cc1ccccc1)C(=O)OCc1cc(-c2ccco2)on1)c1ccccc1. The Morgan fingerprint density at radius 2 is 1.68 bits per heavy atom. The number of nitrogens with zero attached hydrogens (tertiary/aromatic N) is 1. The van der Waals surface area contributed by atoms with Gasteiger partial charge in [0.05, 0.1) is 6.26 Å². The summed E-state index contributed by atoms with van der Waals surface area (Å²) in [6.07, 6.45) is 1.83. The van der Waals surface area contributed by atoms with Gasteiger partial charge in [-0.3, -0.25) is 4.79 Å². The first-order valence-electron chi connectivity index (χ1n) is 9.75. The van der Waals surface area contributed by atoms with Crippen molar-refractivity contribution < 1.29 is 23.3 Å². The minimum Gasteiger partial charge on any atom is -0.461 e. The van der Waals surface area contributed by atoms with Crippen molar-refractivity contribution in [3.8, 4) is 11.5 Å². The molecule has 7 nitrogen and oxygen atoms in total. The molecule has 0 spiro atoms. The van der Waals surface area contributed by atoms with Gasteiger partial charge in [-0.15, -0.1) is 0 Å². The molecule has 0 bridgehead atoms. The van der Waals surface area contributed by atoms with Gasteiger partial charge in [-0.05, 0) is 29.8 Å². The summed E-state index contributed by atoms with van der Waals surface area (Å²) in [5.74, 6) is 0.0622. The predicted molar refractivity (Wildman–Crippen MR) is 112 cm³/mol. The number of benzene rings is 2. The Hall–Kier alpha value is -4.13. The molecule has 1 atom stereocenters. The van der Waals surface area contributed by atoms with Crippen molar-refractivity contribution in [1.29, 1.82) is 0 Å². The zero-order chi connectivity index (χ0) is 21.5. The van der Waals surface area contributed by atoms with Gasteiger partial charge in [-0.1, -0.05) is 53.7 Å². The molecule has 156 valence electrons. The van der Waals surface area contributed by atoms with Crippen LogP contribution < -0.4 is 5.32 Å². The van der Waals surface area contributed by atoms with Crippen LogP contribution in [0.4, 0.5) is 0 Å². The minimum absolute atomic E-state index is 0.0878. The molecule has 0 fully saturated rings.